The lowest BCUT2D eigenvalue weighted by Crippen LogP contribution is -2.60. The quantitative estimate of drug-likeness (QED) is 0.254. The second kappa shape index (κ2) is 9.00. The number of hydrogen-bond donors (Lipinski definition) is 7. The summed E-state index contributed by atoms with van der Waals surface area (Å²) >= 11 is 0. The monoisotopic (exact) mass is 478 g/mol. The van der Waals surface area contributed by atoms with E-state index >= 15 is 0 Å². The van der Waals surface area contributed by atoms with Crippen molar-refractivity contribution in [2.24, 2.45) is 0 Å². The largest absolute Gasteiger partial charge is 0.508 e. The van der Waals surface area contributed by atoms with Gasteiger partial charge in [-0.05, 0) is 24.3 Å². The van der Waals surface area contributed by atoms with Crippen LogP contribution in [0.2, 0.25) is 0 Å². The van der Waals surface area contributed by atoms with Crippen LogP contribution in [0, 0.1) is 0 Å². The van der Waals surface area contributed by atoms with Crippen LogP contribution in [0.1, 0.15) is 0 Å². The zero-order valence-electron chi connectivity index (χ0n) is 17.7. The molecule has 2 heterocycles. The number of rotatable bonds is 5. The van der Waals surface area contributed by atoms with E-state index < -0.39 is 71.1 Å². The topological polar surface area (TPSA) is 200 Å². The van der Waals surface area contributed by atoms with Gasteiger partial charge in [-0.1, -0.05) is 0 Å². The third-order valence-electron chi connectivity index (χ3n) is 5.47. The summed E-state index contributed by atoms with van der Waals surface area (Å²) in [5.74, 6) is -2.50. The van der Waals surface area contributed by atoms with E-state index in [1.54, 1.807) is 0 Å². The van der Waals surface area contributed by atoms with Crippen LogP contribution in [0.5, 0.6) is 28.7 Å². The summed E-state index contributed by atoms with van der Waals surface area (Å²) in [6.45, 7) is -0.723. The van der Waals surface area contributed by atoms with Gasteiger partial charge in [0.1, 0.15) is 41.1 Å². The van der Waals surface area contributed by atoms with E-state index in [1.807, 2.05) is 0 Å². The smallest absolute Gasteiger partial charge is 0.239 e. The molecule has 1 aliphatic heterocycles. The van der Waals surface area contributed by atoms with Crippen molar-refractivity contribution in [2.45, 2.75) is 30.7 Å². The Morgan fingerprint density at radius 1 is 0.971 bits per heavy atom. The van der Waals surface area contributed by atoms with Crippen molar-refractivity contribution in [1.82, 2.24) is 0 Å². The molecule has 1 fully saturated rings. The summed E-state index contributed by atoms with van der Waals surface area (Å²) in [6.07, 6.45) is -8.29. The van der Waals surface area contributed by atoms with Crippen LogP contribution in [0.15, 0.2) is 39.5 Å². The highest BCUT2D eigenvalue weighted by Crippen LogP contribution is 2.43. The maximum Gasteiger partial charge on any atom is 0.239 e. The first kappa shape index (κ1) is 23.6. The number of phenolic OH excluding ortho intramolecular Hbond substituents is 3. The maximum absolute atomic E-state index is 13.4. The second-order valence-electron chi connectivity index (χ2n) is 7.60. The van der Waals surface area contributed by atoms with Crippen LogP contribution in [0.3, 0.4) is 0 Å². The Morgan fingerprint density at radius 2 is 1.65 bits per heavy atom. The van der Waals surface area contributed by atoms with Gasteiger partial charge >= 0.3 is 0 Å². The Labute approximate surface area is 191 Å². The number of ether oxygens (including phenoxy) is 3. The van der Waals surface area contributed by atoms with Crippen LogP contribution >= 0.6 is 0 Å². The van der Waals surface area contributed by atoms with Gasteiger partial charge in [-0.15, -0.1) is 0 Å². The number of phenols is 3. The molecule has 0 spiro atoms. The molecule has 0 bridgehead atoms. The average Bonchev–Trinajstić information content (AvgIpc) is 2.81. The molecule has 12 heteroatoms. The van der Waals surface area contributed by atoms with Crippen LogP contribution in [0.4, 0.5) is 0 Å². The fourth-order valence-corrected chi connectivity index (χ4v) is 3.68. The molecule has 1 aliphatic rings. The summed E-state index contributed by atoms with van der Waals surface area (Å²) in [5, 5.41) is 69.6. The lowest BCUT2D eigenvalue weighted by Gasteiger charge is -2.39. The molecule has 0 saturated carbocycles. The number of aliphatic hydroxyl groups excluding tert-OH is 4. The van der Waals surface area contributed by atoms with Gasteiger partial charge in [-0.25, -0.2) is 0 Å². The number of hydrogen-bond acceptors (Lipinski definition) is 12. The Balaban J connectivity index is 1.93. The maximum atomic E-state index is 13.4. The van der Waals surface area contributed by atoms with Crippen LogP contribution in [0.25, 0.3) is 22.3 Å². The first-order valence-electron chi connectivity index (χ1n) is 10.0. The molecule has 12 nitrogen and oxygen atoms in total. The molecule has 0 aliphatic carbocycles. The van der Waals surface area contributed by atoms with Gasteiger partial charge in [-0.2, -0.15) is 0 Å². The molecule has 3 aromatic rings. The lowest BCUT2D eigenvalue weighted by molar-refractivity contribution is -0.277. The van der Waals surface area contributed by atoms with E-state index in [2.05, 4.69) is 0 Å². The third kappa shape index (κ3) is 3.87. The highest BCUT2D eigenvalue weighted by Gasteiger charge is 2.45. The van der Waals surface area contributed by atoms with Crippen LogP contribution in [-0.2, 0) is 4.74 Å². The van der Waals surface area contributed by atoms with Gasteiger partial charge in [0.2, 0.25) is 23.2 Å². The van der Waals surface area contributed by atoms with Gasteiger partial charge in [0.15, 0.2) is 17.3 Å². The molecule has 2 aromatic carbocycles. The predicted molar refractivity (Wildman–Crippen MR) is 114 cm³/mol. The van der Waals surface area contributed by atoms with Crippen LogP contribution in [-0.4, -0.2) is 80.2 Å². The zero-order valence-corrected chi connectivity index (χ0v) is 17.7. The zero-order chi connectivity index (χ0) is 24.7. The van der Waals surface area contributed by atoms with Gasteiger partial charge in [0, 0.05) is 11.6 Å². The Bertz CT molecular complexity index is 1250. The van der Waals surface area contributed by atoms with Crippen LogP contribution < -0.4 is 14.9 Å². The minimum absolute atomic E-state index is 0.0803. The fourth-order valence-electron chi connectivity index (χ4n) is 3.68. The molecule has 34 heavy (non-hydrogen) atoms. The molecule has 1 saturated heterocycles. The van der Waals surface area contributed by atoms with Crippen molar-refractivity contribution in [3.8, 4) is 40.1 Å². The minimum Gasteiger partial charge on any atom is -0.508 e. The van der Waals surface area contributed by atoms with Gasteiger partial charge in [0.25, 0.3) is 0 Å². The Morgan fingerprint density at radius 3 is 2.26 bits per heavy atom. The molecule has 182 valence electrons. The summed E-state index contributed by atoms with van der Waals surface area (Å²) in [7, 11) is 1.17. The summed E-state index contributed by atoms with van der Waals surface area (Å²) in [6, 6.07) is 6.45. The second-order valence-corrected chi connectivity index (χ2v) is 7.60. The first-order chi connectivity index (χ1) is 16.2. The molecule has 0 amide bonds. The minimum atomic E-state index is -1.83. The van der Waals surface area contributed by atoms with Crippen molar-refractivity contribution in [3.05, 3.63) is 40.6 Å². The third-order valence-corrected chi connectivity index (χ3v) is 5.47. The summed E-state index contributed by atoms with van der Waals surface area (Å²) < 4.78 is 21.6. The van der Waals surface area contributed by atoms with Gasteiger partial charge in [0.05, 0.1) is 13.7 Å². The lowest BCUT2D eigenvalue weighted by atomic mass is 9.99. The number of methoxy groups -OCH3 is 1. The molecule has 5 atom stereocenters. The first-order valence-corrected chi connectivity index (χ1v) is 10.0. The predicted octanol–water partition coefficient (Wildman–Crippen LogP) is -0.236. The van der Waals surface area contributed by atoms with Crippen molar-refractivity contribution in [2.75, 3.05) is 13.7 Å². The number of aromatic hydroxyl groups is 3. The van der Waals surface area contributed by atoms with E-state index in [0.29, 0.717) is 0 Å². The van der Waals surface area contributed by atoms with Crippen molar-refractivity contribution in [3.63, 3.8) is 0 Å². The van der Waals surface area contributed by atoms with E-state index in [-0.39, 0.29) is 22.7 Å². The summed E-state index contributed by atoms with van der Waals surface area (Å²) in [5.41, 5.74) is -0.951. The number of aliphatic hydroxyl groups is 4. The Hall–Kier alpha value is -3.55. The van der Waals surface area contributed by atoms with E-state index in [4.69, 9.17) is 18.6 Å². The number of benzene rings is 2. The highest BCUT2D eigenvalue weighted by atomic mass is 16.7. The van der Waals surface area contributed by atoms with E-state index in [0.717, 1.165) is 6.07 Å². The molecule has 4 rings (SSSR count). The van der Waals surface area contributed by atoms with Gasteiger partial charge < -0.3 is 54.4 Å². The fraction of sp³-hybridized carbons (Fsp3) is 0.318. The van der Waals surface area contributed by atoms with E-state index in [9.17, 15) is 40.5 Å². The Kier molecular flexibility index (Phi) is 6.25. The molecule has 0 radical (unpaired) electrons. The van der Waals surface area contributed by atoms with E-state index in [1.165, 1.54) is 31.4 Å². The highest BCUT2D eigenvalue weighted by molar-refractivity contribution is 5.91. The van der Waals surface area contributed by atoms with Gasteiger partial charge in [-0.3, -0.25) is 4.79 Å². The molecule has 1 aromatic heterocycles. The van der Waals surface area contributed by atoms with Crippen molar-refractivity contribution in [1.29, 1.82) is 0 Å². The molecule has 2 unspecified atom stereocenters. The summed E-state index contributed by atoms with van der Waals surface area (Å²) in [4.78, 5) is 13.4. The normalized spacial score (nSPS) is 24.8. The molecular formula is C22H22O12. The SMILES string of the molecule is COc1c(O)cc2oc(-c3ccc(O)cc3)c(O[C@H]3O[C@H](CO)[C@@H](O)C(O)C3O)c(=O)c2c1O. The van der Waals surface area contributed by atoms with Crippen molar-refractivity contribution < 1.29 is 54.4 Å². The number of fused-ring (bicyclic) bond motifs is 1. The molecular weight excluding hydrogens is 456 g/mol. The standard InChI is InChI=1S/C22H22O12/c1-31-20-10(25)6-11-13(15(20)27)16(28)21(19(32-11)8-2-4-9(24)5-3-8)34-22-18(30)17(29)14(26)12(7-23)33-22/h2-6,12,14,17-18,22-27,29-30H,7H2,1H3/t12-,14-,17?,18?,22-/m1/s1. The average molecular weight is 478 g/mol. The molecule has 7 N–H and O–H groups in total. The van der Waals surface area contributed by atoms with Crippen molar-refractivity contribution >= 4 is 11.0 Å².